The lowest BCUT2D eigenvalue weighted by Gasteiger charge is -2.24. The number of anilines is 1. The predicted octanol–water partition coefficient (Wildman–Crippen LogP) is 4.34. The Bertz CT molecular complexity index is 1540. The minimum atomic E-state index is -4.13. The number of nitrogens with one attached hydrogen (secondary N) is 1. The number of carbonyl (C=O) groups excluding carboxylic acids is 1. The molecule has 0 aliphatic carbocycles. The molecule has 0 spiro atoms. The summed E-state index contributed by atoms with van der Waals surface area (Å²) in [6.07, 6.45) is 0. The van der Waals surface area contributed by atoms with Gasteiger partial charge in [-0.15, -0.1) is 0 Å². The fourth-order valence-corrected chi connectivity index (χ4v) is 5.00. The number of amides is 1. The minimum absolute atomic E-state index is 0.0232. The van der Waals surface area contributed by atoms with Crippen LogP contribution in [0.2, 0.25) is 0 Å². The molecular weight excluding hydrogens is 582 g/mol. The number of carbonyl (C=O) groups is 1. The molecule has 0 radical (unpaired) electrons. The van der Waals surface area contributed by atoms with Crippen LogP contribution in [0.5, 0.6) is 5.75 Å². The molecule has 11 heteroatoms. The van der Waals surface area contributed by atoms with E-state index in [0.29, 0.717) is 30.1 Å². The van der Waals surface area contributed by atoms with Gasteiger partial charge in [0.15, 0.2) is 11.7 Å². The highest BCUT2D eigenvalue weighted by Gasteiger charge is 2.28. The van der Waals surface area contributed by atoms with Crippen LogP contribution in [-0.4, -0.2) is 20.3 Å². The van der Waals surface area contributed by atoms with Crippen LogP contribution in [0.1, 0.15) is 21.5 Å². The summed E-state index contributed by atoms with van der Waals surface area (Å²) in [5.74, 6) is 0.0236. The summed E-state index contributed by atoms with van der Waals surface area (Å²) in [5, 5.41) is 2.83. The van der Waals surface area contributed by atoms with Crippen molar-refractivity contribution in [2.45, 2.75) is 18.0 Å². The molecule has 39 heavy (non-hydrogen) atoms. The van der Waals surface area contributed by atoms with E-state index in [2.05, 4.69) is 26.2 Å². The van der Waals surface area contributed by atoms with Crippen molar-refractivity contribution in [2.24, 2.45) is 16.5 Å². The molecule has 0 unspecified atom stereocenters. The summed E-state index contributed by atoms with van der Waals surface area (Å²) >= 11 is 3.36. The Balaban J connectivity index is 1.46. The van der Waals surface area contributed by atoms with Crippen LogP contribution in [0, 0.1) is 0 Å². The monoisotopic (exact) mass is 607 g/mol. The van der Waals surface area contributed by atoms with Crippen molar-refractivity contribution >= 4 is 43.5 Å². The maximum Gasteiger partial charge on any atom is 0.295 e. The van der Waals surface area contributed by atoms with Crippen molar-refractivity contribution in [1.29, 1.82) is 0 Å². The standard InChI is InChI=1S/C28H26BrN5O4S/c29-23-12-14-25(15-13-23)38-34(24-4-2-1-3-5-24)39(36,37)26-16-10-22(11-17-26)27(35)32-18-20-6-8-21(9-7-20)19-33-28(30)31/h1-17H,18-19H2,(H,32,35)(H4,30,31,33). The predicted molar refractivity (Wildman–Crippen MR) is 154 cm³/mol. The van der Waals surface area contributed by atoms with Gasteiger partial charge in [0, 0.05) is 16.6 Å². The lowest BCUT2D eigenvalue weighted by atomic mass is 10.1. The molecule has 0 aliphatic heterocycles. The van der Waals surface area contributed by atoms with Gasteiger partial charge >= 0.3 is 0 Å². The first-order chi connectivity index (χ1) is 18.7. The highest BCUT2D eigenvalue weighted by molar-refractivity contribution is 9.10. The molecule has 4 aromatic carbocycles. The molecule has 0 saturated carbocycles. The molecule has 0 saturated heterocycles. The SMILES string of the molecule is NC(N)=NCc1ccc(CNC(=O)c2ccc(S(=O)(=O)N(Oc3ccc(Br)cc3)c3ccccc3)cc2)cc1. The average molecular weight is 609 g/mol. The normalized spacial score (nSPS) is 10.9. The van der Waals surface area contributed by atoms with Crippen molar-refractivity contribution in [2.75, 3.05) is 4.47 Å². The molecule has 5 N–H and O–H groups in total. The molecule has 0 bridgehead atoms. The summed E-state index contributed by atoms with van der Waals surface area (Å²) < 4.78 is 28.8. The fraction of sp³-hybridized carbons (Fsp3) is 0.0714. The lowest BCUT2D eigenvalue weighted by Crippen LogP contribution is -2.34. The zero-order valence-corrected chi connectivity index (χ0v) is 23.1. The molecular formula is C28H26BrN5O4S. The van der Waals surface area contributed by atoms with Gasteiger partial charge in [-0.25, -0.2) is 4.99 Å². The van der Waals surface area contributed by atoms with Gasteiger partial charge in [-0.1, -0.05) is 62.9 Å². The topological polar surface area (TPSA) is 140 Å². The largest absolute Gasteiger partial charge is 0.370 e. The number of sulfonamides is 1. The summed E-state index contributed by atoms with van der Waals surface area (Å²) in [6, 6.07) is 28.5. The zero-order chi connectivity index (χ0) is 27.8. The first-order valence-corrected chi connectivity index (χ1v) is 14.0. The van der Waals surface area contributed by atoms with Gasteiger partial charge in [-0.05, 0) is 71.8 Å². The Morgan fingerprint density at radius 3 is 2.08 bits per heavy atom. The molecule has 0 aromatic heterocycles. The molecule has 200 valence electrons. The average Bonchev–Trinajstić information content (AvgIpc) is 2.95. The van der Waals surface area contributed by atoms with Crippen molar-refractivity contribution in [3.05, 3.63) is 124 Å². The number of hydrogen-bond acceptors (Lipinski definition) is 5. The first-order valence-electron chi connectivity index (χ1n) is 11.8. The highest BCUT2D eigenvalue weighted by Crippen LogP contribution is 2.27. The van der Waals surface area contributed by atoms with E-state index in [-0.39, 0.29) is 16.8 Å². The van der Waals surface area contributed by atoms with Crippen LogP contribution >= 0.6 is 15.9 Å². The third kappa shape index (κ3) is 7.37. The number of para-hydroxylation sites is 1. The second kappa shape index (κ2) is 12.5. The van der Waals surface area contributed by atoms with Gasteiger partial charge in [0.2, 0.25) is 0 Å². The fourth-order valence-electron chi connectivity index (χ4n) is 3.48. The Hall–Kier alpha value is -4.35. The van der Waals surface area contributed by atoms with Crippen molar-refractivity contribution in [3.8, 4) is 5.75 Å². The first kappa shape index (κ1) is 27.7. The van der Waals surface area contributed by atoms with E-state index in [1.54, 1.807) is 54.6 Å². The molecule has 4 rings (SSSR count). The Morgan fingerprint density at radius 1 is 0.846 bits per heavy atom. The van der Waals surface area contributed by atoms with E-state index < -0.39 is 10.0 Å². The van der Waals surface area contributed by atoms with Crippen molar-refractivity contribution < 1.29 is 18.0 Å². The summed E-state index contributed by atoms with van der Waals surface area (Å²) in [6.45, 7) is 0.671. The van der Waals surface area contributed by atoms with E-state index in [9.17, 15) is 13.2 Å². The molecule has 1 amide bonds. The Kier molecular flexibility index (Phi) is 8.84. The van der Waals surface area contributed by atoms with E-state index in [4.69, 9.17) is 16.3 Å². The van der Waals surface area contributed by atoms with Gasteiger partial charge < -0.3 is 21.6 Å². The zero-order valence-electron chi connectivity index (χ0n) is 20.7. The Labute approximate surface area is 235 Å². The maximum absolute atomic E-state index is 13.6. The van der Waals surface area contributed by atoms with Crippen LogP contribution in [0.4, 0.5) is 5.69 Å². The molecule has 0 aliphatic rings. The molecule has 0 heterocycles. The summed E-state index contributed by atoms with van der Waals surface area (Å²) in [5.41, 5.74) is 13.2. The quantitative estimate of drug-likeness (QED) is 0.139. The van der Waals surface area contributed by atoms with Gasteiger partial charge in [0.05, 0.1) is 17.1 Å². The molecule has 9 nitrogen and oxygen atoms in total. The third-order valence-electron chi connectivity index (χ3n) is 5.52. The van der Waals surface area contributed by atoms with Crippen molar-refractivity contribution in [1.82, 2.24) is 5.32 Å². The van der Waals surface area contributed by atoms with E-state index in [1.165, 1.54) is 24.3 Å². The number of aliphatic imine (C=N–C) groups is 1. The summed E-state index contributed by atoms with van der Waals surface area (Å²) in [4.78, 5) is 22.4. The number of rotatable bonds is 10. The minimum Gasteiger partial charge on any atom is -0.370 e. The van der Waals surface area contributed by atoms with Crippen LogP contribution in [0.15, 0.2) is 117 Å². The van der Waals surface area contributed by atoms with E-state index in [1.807, 2.05) is 24.3 Å². The van der Waals surface area contributed by atoms with Crippen LogP contribution in [-0.2, 0) is 23.1 Å². The van der Waals surface area contributed by atoms with Crippen LogP contribution in [0.25, 0.3) is 0 Å². The number of hydrogen-bond donors (Lipinski definition) is 3. The lowest BCUT2D eigenvalue weighted by molar-refractivity contribution is 0.0951. The third-order valence-corrected chi connectivity index (χ3v) is 7.64. The van der Waals surface area contributed by atoms with Gasteiger partial charge in [-0.3, -0.25) is 4.79 Å². The van der Waals surface area contributed by atoms with Gasteiger partial charge in [-0.2, -0.15) is 8.42 Å². The Morgan fingerprint density at radius 2 is 1.46 bits per heavy atom. The van der Waals surface area contributed by atoms with E-state index in [0.717, 1.165) is 20.1 Å². The van der Waals surface area contributed by atoms with Crippen LogP contribution in [0.3, 0.4) is 0 Å². The number of nitrogens with zero attached hydrogens (tertiary/aromatic N) is 2. The van der Waals surface area contributed by atoms with E-state index >= 15 is 0 Å². The van der Waals surface area contributed by atoms with Gasteiger partial charge in [0.25, 0.3) is 15.9 Å². The number of guanidine groups is 1. The molecule has 0 fully saturated rings. The number of nitrogens with two attached hydrogens (primary N) is 2. The smallest absolute Gasteiger partial charge is 0.295 e. The highest BCUT2D eigenvalue weighted by atomic mass is 79.9. The van der Waals surface area contributed by atoms with Gasteiger partial charge in [0.1, 0.15) is 0 Å². The number of benzene rings is 4. The number of halogens is 1. The molecule has 0 atom stereocenters. The summed E-state index contributed by atoms with van der Waals surface area (Å²) in [7, 11) is -4.13. The second-order valence-corrected chi connectivity index (χ2v) is 11.0. The van der Waals surface area contributed by atoms with Crippen LogP contribution < -0.4 is 26.1 Å². The van der Waals surface area contributed by atoms with Crippen molar-refractivity contribution in [3.63, 3.8) is 0 Å². The second-order valence-electron chi connectivity index (χ2n) is 8.38. The molecule has 4 aromatic rings. The maximum atomic E-state index is 13.6.